The summed E-state index contributed by atoms with van der Waals surface area (Å²) in [5.41, 5.74) is 0.0360. The maximum atomic E-state index is 12.5. The summed E-state index contributed by atoms with van der Waals surface area (Å²) >= 11 is 0. The standard InChI is InChI=1S/C18H19NO4/c1-2-19-8-7-17-14-10-3-4-11(20)15(14)23-16(17)12(21)5-6-18(17,22)13(19)9-10/h3-6,13,16,20,22H,2,7-9H2,1H3/t13?,16-,17?,18+/m0/s1. The number of ether oxygens (including phenoxy) is 1. The first-order valence-electron chi connectivity index (χ1n) is 8.24. The van der Waals surface area contributed by atoms with Gasteiger partial charge in [0.25, 0.3) is 0 Å². The lowest BCUT2D eigenvalue weighted by Gasteiger charge is -2.60. The van der Waals surface area contributed by atoms with E-state index in [2.05, 4.69) is 11.8 Å². The summed E-state index contributed by atoms with van der Waals surface area (Å²) in [7, 11) is 0. The van der Waals surface area contributed by atoms with E-state index in [1.165, 1.54) is 6.08 Å². The summed E-state index contributed by atoms with van der Waals surface area (Å²) in [6.45, 7) is 3.77. The van der Waals surface area contributed by atoms with Crippen LogP contribution < -0.4 is 4.74 Å². The number of hydrogen-bond acceptors (Lipinski definition) is 5. The van der Waals surface area contributed by atoms with Gasteiger partial charge < -0.3 is 14.9 Å². The predicted octanol–water partition coefficient (Wildman–Crippen LogP) is 0.911. The lowest BCUT2D eigenvalue weighted by molar-refractivity contribution is -0.154. The smallest absolute Gasteiger partial charge is 0.196 e. The Balaban J connectivity index is 1.87. The average molecular weight is 313 g/mol. The Morgan fingerprint density at radius 1 is 1.43 bits per heavy atom. The number of phenols is 1. The number of aromatic hydroxyl groups is 1. The molecule has 4 atom stereocenters. The van der Waals surface area contributed by atoms with E-state index in [-0.39, 0.29) is 17.6 Å². The van der Waals surface area contributed by atoms with Gasteiger partial charge in [-0.1, -0.05) is 13.0 Å². The molecule has 1 fully saturated rings. The molecule has 5 heteroatoms. The van der Waals surface area contributed by atoms with Crippen molar-refractivity contribution in [1.82, 2.24) is 4.90 Å². The average Bonchev–Trinajstić information content (AvgIpc) is 2.89. The molecular formula is C18H19NO4. The first-order chi connectivity index (χ1) is 11.0. The monoisotopic (exact) mass is 313 g/mol. The third-order valence-electron chi connectivity index (χ3n) is 6.39. The summed E-state index contributed by atoms with van der Waals surface area (Å²) in [6, 6.07) is 3.48. The highest BCUT2D eigenvalue weighted by Crippen LogP contribution is 2.63. The third-order valence-corrected chi connectivity index (χ3v) is 6.39. The van der Waals surface area contributed by atoms with Gasteiger partial charge in [-0.15, -0.1) is 0 Å². The highest BCUT2D eigenvalue weighted by molar-refractivity contribution is 5.99. The molecule has 2 unspecified atom stereocenters. The molecule has 2 N–H and O–H groups in total. The van der Waals surface area contributed by atoms with Crippen LogP contribution in [-0.2, 0) is 16.6 Å². The largest absolute Gasteiger partial charge is 0.504 e. The third kappa shape index (κ3) is 1.28. The van der Waals surface area contributed by atoms with E-state index >= 15 is 0 Å². The highest BCUT2D eigenvalue weighted by atomic mass is 16.5. The lowest BCUT2D eigenvalue weighted by atomic mass is 9.51. The van der Waals surface area contributed by atoms with Crippen LogP contribution in [0, 0.1) is 0 Å². The van der Waals surface area contributed by atoms with Crippen LogP contribution in [0.3, 0.4) is 0 Å². The minimum atomic E-state index is -1.13. The molecule has 5 rings (SSSR count). The number of rotatable bonds is 1. The Hall–Kier alpha value is -1.85. The van der Waals surface area contributed by atoms with E-state index in [9.17, 15) is 15.0 Å². The number of benzene rings is 1. The number of phenolic OH excluding ortho intramolecular Hbond substituents is 1. The Morgan fingerprint density at radius 3 is 3.04 bits per heavy atom. The summed E-state index contributed by atoms with van der Waals surface area (Å²) in [4.78, 5) is 14.8. The minimum Gasteiger partial charge on any atom is -0.504 e. The number of likely N-dealkylation sites (N-methyl/N-ethyl adjacent to an activating group) is 1. The maximum absolute atomic E-state index is 12.5. The maximum Gasteiger partial charge on any atom is 0.196 e. The summed E-state index contributed by atoms with van der Waals surface area (Å²) in [6.07, 6.45) is 3.76. The van der Waals surface area contributed by atoms with Crippen molar-refractivity contribution >= 4 is 5.78 Å². The molecule has 1 spiro atoms. The molecule has 0 saturated carbocycles. The molecule has 2 bridgehead atoms. The van der Waals surface area contributed by atoms with Crippen LogP contribution in [0.1, 0.15) is 24.5 Å². The Bertz CT molecular complexity index is 773. The zero-order valence-electron chi connectivity index (χ0n) is 13.0. The summed E-state index contributed by atoms with van der Waals surface area (Å²) < 4.78 is 5.93. The molecule has 2 aliphatic heterocycles. The van der Waals surface area contributed by atoms with E-state index in [0.717, 1.165) is 24.2 Å². The second kappa shape index (κ2) is 3.97. The second-order valence-corrected chi connectivity index (χ2v) is 7.08. The van der Waals surface area contributed by atoms with Gasteiger partial charge in [-0.3, -0.25) is 9.69 Å². The summed E-state index contributed by atoms with van der Waals surface area (Å²) in [5, 5.41) is 21.9. The molecule has 5 nitrogen and oxygen atoms in total. The quantitative estimate of drug-likeness (QED) is 0.806. The van der Waals surface area contributed by atoms with Crippen LogP contribution in [0.15, 0.2) is 24.3 Å². The molecule has 1 saturated heterocycles. The molecule has 1 aromatic rings. The van der Waals surface area contributed by atoms with E-state index in [1.54, 1.807) is 12.1 Å². The topological polar surface area (TPSA) is 70.0 Å². The van der Waals surface area contributed by atoms with Crippen LogP contribution in [0.5, 0.6) is 11.5 Å². The zero-order valence-corrected chi connectivity index (χ0v) is 13.0. The Labute approximate surface area is 134 Å². The van der Waals surface area contributed by atoms with Crippen molar-refractivity contribution in [2.75, 3.05) is 13.1 Å². The highest BCUT2D eigenvalue weighted by Gasteiger charge is 2.71. The van der Waals surface area contributed by atoms with Crippen LogP contribution in [0.25, 0.3) is 0 Å². The SMILES string of the molecule is CCN1CCC23c4c5ccc(O)c4O[C@H]2C(=O)C=C[C@@]3(O)C1C5. The fraction of sp³-hybridized carbons (Fsp3) is 0.500. The Kier molecular flexibility index (Phi) is 2.34. The van der Waals surface area contributed by atoms with Crippen molar-refractivity contribution in [1.29, 1.82) is 0 Å². The van der Waals surface area contributed by atoms with Crippen molar-refractivity contribution in [3.63, 3.8) is 0 Å². The van der Waals surface area contributed by atoms with Crippen molar-refractivity contribution in [2.45, 2.75) is 42.9 Å². The molecule has 120 valence electrons. The van der Waals surface area contributed by atoms with Gasteiger partial charge >= 0.3 is 0 Å². The molecular weight excluding hydrogens is 294 g/mol. The number of nitrogens with zero attached hydrogens (tertiary/aromatic N) is 1. The number of carbonyl (C=O) groups is 1. The van der Waals surface area contributed by atoms with Crippen molar-refractivity contribution < 1.29 is 19.7 Å². The van der Waals surface area contributed by atoms with Crippen molar-refractivity contribution in [3.8, 4) is 11.5 Å². The molecule has 2 heterocycles. The van der Waals surface area contributed by atoms with Gasteiger partial charge in [0.2, 0.25) is 0 Å². The molecule has 23 heavy (non-hydrogen) atoms. The van der Waals surface area contributed by atoms with Crippen LogP contribution >= 0.6 is 0 Å². The van der Waals surface area contributed by atoms with Gasteiger partial charge in [-0.2, -0.15) is 0 Å². The fourth-order valence-corrected chi connectivity index (χ4v) is 5.39. The molecule has 0 aromatic heterocycles. The number of ketones is 1. The first kappa shape index (κ1) is 13.6. The molecule has 2 aliphatic carbocycles. The Morgan fingerprint density at radius 2 is 2.26 bits per heavy atom. The van der Waals surface area contributed by atoms with Crippen molar-refractivity contribution in [3.05, 3.63) is 35.4 Å². The zero-order chi connectivity index (χ0) is 16.0. The predicted molar refractivity (Wildman–Crippen MR) is 82.7 cm³/mol. The van der Waals surface area contributed by atoms with E-state index in [4.69, 9.17) is 4.74 Å². The van der Waals surface area contributed by atoms with Crippen LogP contribution in [-0.4, -0.2) is 51.7 Å². The second-order valence-electron chi connectivity index (χ2n) is 7.08. The van der Waals surface area contributed by atoms with Gasteiger partial charge in [0, 0.05) is 11.6 Å². The molecule has 1 aromatic carbocycles. The van der Waals surface area contributed by atoms with Gasteiger partial charge in [-0.25, -0.2) is 0 Å². The lowest BCUT2D eigenvalue weighted by Crippen LogP contribution is -2.75. The van der Waals surface area contributed by atoms with Crippen LogP contribution in [0.2, 0.25) is 0 Å². The van der Waals surface area contributed by atoms with E-state index < -0.39 is 17.1 Å². The number of piperidine rings is 1. The molecule has 4 aliphatic rings. The molecule has 0 amide bonds. The number of carbonyl (C=O) groups excluding carboxylic acids is 1. The summed E-state index contributed by atoms with van der Waals surface area (Å²) in [5.74, 6) is 0.326. The fourth-order valence-electron chi connectivity index (χ4n) is 5.39. The normalized spacial score (nSPS) is 40.0. The molecule has 0 radical (unpaired) electrons. The van der Waals surface area contributed by atoms with Gasteiger partial charge in [0.15, 0.2) is 23.4 Å². The number of hydrogen-bond donors (Lipinski definition) is 2. The first-order valence-corrected chi connectivity index (χ1v) is 8.24. The number of likely N-dealkylation sites (tertiary alicyclic amines) is 1. The van der Waals surface area contributed by atoms with Gasteiger partial charge in [-0.05, 0) is 49.7 Å². The van der Waals surface area contributed by atoms with Gasteiger partial charge in [0.1, 0.15) is 5.60 Å². The van der Waals surface area contributed by atoms with E-state index in [0.29, 0.717) is 18.6 Å². The van der Waals surface area contributed by atoms with Crippen molar-refractivity contribution in [2.24, 2.45) is 0 Å². The van der Waals surface area contributed by atoms with Crippen LogP contribution in [0.4, 0.5) is 0 Å². The number of aliphatic hydroxyl groups is 1. The van der Waals surface area contributed by atoms with E-state index in [1.807, 2.05) is 6.07 Å². The minimum absolute atomic E-state index is 0.0547. The van der Waals surface area contributed by atoms with Gasteiger partial charge in [0.05, 0.1) is 5.41 Å².